The maximum absolute atomic E-state index is 13.4. The maximum atomic E-state index is 13.4. The highest BCUT2D eigenvalue weighted by atomic mass is 32.2. The molecule has 1 atom stereocenters. The molecule has 1 heterocycles. The Kier molecular flexibility index (Phi) is 4.03. The Morgan fingerprint density at radius 2 is 2.22 bits per heavy atom. The second-order valence-corrected chi connectivity index (χ2v) is 5.87. The van der Waals surface area contributed by atoms with Crippen LogP contribution in [0.15, 0.2) is 28.0 Å². The van der Waals surface area contributed by atoms with Crippen LogP contribution in [-0.2, 0) is 0 Å². The fourth-order valence-corrected chi connectivity index (χ4v) is 3.02. The first-order valence-electron chi connectivity index (χ1n) is 5.00. The molecular formula is C11H8F2N2OS2. The van der Waals surface area contributed by atoms with Crippen LogP contribution in [0.5, 0.6) is 0 Å². The number of hydrogen-bond acceptors (Lipinski definition) is 5. The van der Waals surface area contributed by atoms with Crippen LogP contribution in [0.25, 0.3) is 0 Å². The zero-order chi connectivity index (χ0) is 13.1. The number of benzene rings is 1. The lowest BCUT2D eigenvalue weighted by Crippen LogP contribution is -2.15. The highest BCUT2D eigenvalue weighted by molar-refractivity contribution is 8.02. The van der Waals surface area contributed by atoms with Gasteiger partial charge in [-0.05, 0) is 25.1 Å². The van der Waals surface area contributed by atoms with E-state index in [1.54, 1.807) is 12.4 Å². The van der Waals surface area contributed by atoms with E-state index >= 15 is 0 Å². The number of rotatable bonds is 4. The Hall–Kier alpha value is -1.34. The van der Waals surface area contributed by atoms with Gasteiger partial charge in [0.1, 0.15) is 17.1 Å². The standard InChI is InChI=1S/C11H8F2N2OS2/c1-6(18-11-15-14-5-17-11)10(16)8-4-7(12)2-3-9(8)13/h2-6H,1H3/t6-/m1/s1. The van der Waals surface area contributed by atoms with Crippen LogP contribution in [0.1, 0.15) is 17.3 Å². The smallest absolute Gasteiger partial charge is 0.179 e. The van der Waals surface area contributed by atoms with E-state index in [2.05, 4.69) is 10.2 Å². The molecule has 3 nitrogen and oxygen atoms in total. The largest absolute Gasteiger partial charge is 0.293 e. The van der Waals surface area contributed by atoms with Crippen molar-refractivity contribution in [3.63, 3.8) is 0 Å². The van der Waals surface area contributed by atoms with Crippen molar-refractivity contribution in [1.82, 2.24) is 10.2 Å². The van der Waals surface area contributed by atoms with Crippen LogP contribution in [0, 0.1) is 11.6 Å². The Balaban J connectivity index is 2.17. The molecule has 0 spiro atoms. The average Bonchev–Trinajstić information content (AvgIpc) is 2.84. The molecule has 0 saturated heterocycles. The molecule has 0 unspecified atom stereocenters. The Bertz CT molecular complexity index is 560. The van der Waals surface area contributed by atoms with Gasteiger partial charge in [-0.15, -0.1) is 10.2 Å². The number of hydrogen-bond donors (Lipinski definition) is 0. The van der Waals surface area contributed by atoms with Gasteiger partial charge in [0, 0.05) is 0 Å². The summed E-state index contributed by atoms with van der Waals surface area (Å²) in [6.07, 6.45) is 0. The third kappa shape index (κ3) is 2.91. The minimum atomic E-state index is -0.717. The minimum Gasteiger partial charge on any atom is -0.293 e. The van der Waals surface area contributed by atoms with Crippen molar-refractivity contribution in [2.24, 2.45) is 0 Å². The fourth-order valence-electron chi connectivity index (χ4n) is 1.32. The van der Waals surface area contributed by atoms with Gasteiger partial charge in [-0.2, -0.15) is 0 Å². The van der Waals surface area contributed by atoms with Gasteiger partial charge in [0.15, 0.2) is 10.1 Å². The molecule has 18 heavy (non-hydrogen) atoms. The lowest BCUT2D eigenvalue weighted by Gasteiger charge is -2.08. The summed E-state index contributed by atoms with van der Waals surface area (Å²) in [7, 11) is 0. The van der Waals surface area contributed by atoms with Gasteiger partial charge < -0.3 is 0 Å². The highest BCUT2D eigenvalue weighted by Gasteiger charge is 2.21. The molecule has 94 valence electrons. The molecule has 0 saturated carbocycles. The van der Waals surface area contributed by atoms with Crippen LogP contribution in [-0.4, -0.2) is 21.2 Å². The van der Waals surface area contributed by atoms with E-state index < -0.39 is 22.7 Å². The van der Waals surface area contributed by atoms with E-state index in [1.165, 1.54) is 23.1 Å². The monoisotopic (exact) mass is 286 g/mol. The number of Topliss-reactive ketones (excluding diaryl/α,β-unsaturated/α-hetero) is 1. The summed E-state index contributed by atoms with van der Waals surface area (Å²) in [5.41, 5.74) is 1.31. The van der Waals surface area contributed by atoms with E-state index in [-0.39, 0.29) is 5.56 Å². The topological polar surface area (TPSA) is 42.9 Å². The predicted octanol–water partition coefficient (Wildman–Crippen LogP) is 3.18. The Morgan fingerprint density at radius 3 is 2.89 bits per heavy atom. The Labute approximate surface area is 110 Å². The molecule has 1 aromatic carbocycles. The van der Waals surface area contributed by atoms with Crippen molar-refractivity contribution in [3.8, 4) is 0 Å². The van der Waals surface area contributed by atoms with Gasteiger partial charge in [0.25, 0.3) is 0 Å². The van der Waals surface area contributed by atoms with Crippen LogP contribution >= 0.6 is 23.1 Å². The summed E-state index contributed by atoms with van der Waals surface area (Å²) in [5, 5.41) is 6.88. The third-order valence-electron chi connectivity index (χ3n) is 2.18. The van der Waals surface area contributed by atoms with E-state index in [0.717, 1.165) is 18.2 Å². The maximum Gasteiger partial charge on any atom is 0.179 e. The molecule has 0 N–H and O–H groups in total. The SMILES string of the molecule is C[C@@H](Sc1nncs1)C(=O)c1cc(F)ccc1F. The number of nitrogens with zero attached hydrogens (tertiary/aromatic N) is 2. The first kappa shape index (κ1) is 13.1. The van der Waals surface area contributed by atoms with Crippen LogP contribution in [0.4, 0.5) is 8.78 Å². The van der Waals surface area contributed by atoms with E-state index in [0.29, 0.717) is 4.34 Å². The lowest BCUT2D eigenvalue weighted by atomic mass is 10.1. The van der Waals surface area contributed by atoms with Crippen LogP contribution in [0.2, 0.25) is 0 Å². The molecule has 7 heteroatoms. The van der Waals surface area contributed by atoms with Crippen molar-refractivity contribution in [1.29, 1.82) is 0 Å². The summed E-state index contributed by atoms with van der Waals surface area (Å²) in [5.74, 6) is -1.81. The van der Waals surface area contributed by atoms with E-state index in [9.17, 15) is 13.6 Å². The van der Waals surface area contributed by atoms with Crippen LogP contribution in [0.3, 0.4) is 0 Å². The second kappa shape index (κ2) is 5.53. The molecule has 0 aliphatic rings. The van der Waals surface area contributed by atoms with Gasteiger partial charge in [-0.3, -0.25) is 4.79 Å². The number of carbonyl (C=O) groups excluding carboxylic acids is 1. The summed E-state index contributed by atoms with van der Waals surface area (Å²) in [6, 6.07) is 2.84. The van der Waals surface area contributed by atoms with Crippen LogP contribution < -0.4 is 0 Å². The van der Waals surface area contributed by atoms with Gasteiger partial charge >= 0.3 is 0 Å². The second-order valence-electron chi connectivity index (χ2n) is 3.45. The normalized spacial score (nSPS) is 12.4. The van der Waals surface area contributed by atoms with Gasteiger partial charge in [-0.1, -0.05) is 23.1 Å². The van der Waals surface area contributed by atoms with Crippen molar-refractivity contribution in [2.45, 2.75) is 16.5 Å². The molecule has 0 radical (unpaired) electrons. The van der Waals surface area contributed by atoms with Gasteiger partial charge in [-0.25, -0.2) is 8.78 Å². The first-order valence-corrected chi connectivity index (χ1v) is 6.76. The minimum absolute atomic E-state index is 0.237. The molecule has 0 amide bonds. The van der Waals surface area contributed by atoms with Crippen molar-refractivity contribution >= 4 is 28.9 Å². The third-order valence-corrected chi connectivity index (χ3v) is 4.09. The highest BCUT2D eigenvalue weighted by Crippen LogP contribution is 2.27. The summed E-state index contributed by atoms with van der Waals surface area (Å²) in [4.78, 5) is 12.0. The van der Waals surface area contributed by atoms with Gasteiger partial charge in [0.05, 0.1) is 10.8 Å². The van der Waals surface area contributed by atoms with Gasteiger partial charge in [0.2, 0.25) is 0 Å². The molecule has 0 bridgehead atoms. The zero-order valence-corrected chi connectivity index (χ0v) is 10.9. The zero-order valence-electron chi connectivity index (χ0n) is 9.26. The molecule has 2 rings (SSSR count). The molecule has 0 aliphatic carbocycles. The molecule has 2 aromatic rings. The lowest BCUT2D eigenvalue weighted by molar-refractivity contribution is 0.0989. The quantitative estimate of drug-likeness (QED) is 0.639. The van der Waals surface area contributed by atoms with Crippen molar-refractivity contribution in [3.05, 3.63) is 40.9 Å². The number of carbonyl (C=O) groups is 1. The summed E-state index contributed by atoms with van der Waals surface area (Å²) < 4.78 is 27.1. The molecule has 0 fully saturated rings. The average molecular weight is 286 g/mol. The summed E-state index contributed by atoms with van der Waals surface area (Å²) in [6.45, 7) is 1.62. The number of halogens is 2. The number of aromatic nitrogens is 2. The molecule has 0 aliphatic heterocycles. The van der Waals surface area contributed by atoms with E-state index in [1.807, 2.05) is 0 Å². The number of ketones is 1. The number of thioether (sulfide) groups is 1. The fraction of sp³-hybridized carbons (Fsp3) is 0.182. The van der Waals surface area contributed by atoms with Crippen molar-refractivity contribution in [2.75, 3.05) is 0 Å². The van der Waals surface area contributed by atoms with Crippen molar-refractivity contribution < 1.29 is 13.6 Å². The van der Waals surface area contributed by atoms with E-state index in [4.69, 9.17) is 0 Å². The first-order chi connectivity index (χ1) is 8.58. The Morgan fingerprint density at radius 1 is 1.44 bits per heavy atom. The molecule has 1 aromatic heterocycles. The predicted molar refractivity (Wildman–Crippen MR) is 65.9 cm³/mol. The molecular weight excluding hydrogens is 278 g/mol. The summed E-state index contributed by atoms with van der Waals surface area (Å²) >= 11 is 2.47.